The van der Waals surface area contributed by atoms with Crippen molar-refractivity contribution in [3.05, 3.63) is 21.6 Å². The zero-order valence-electron chi connectivity index (χ0n) is 8.95. The summed E-state index contributed by atoms with van der Waals surface area (Å²) in [5.74, 6) is 0.476. The third-order valence-electron chi connectivity index (χ3n) is 2.97. The van der Waals surface area contributed by atoms with Gasteiger partial charge in [0.05, 0.1) is 11.9 Å². The lowest BCUT2D eigenvalue weighted by molar-refractivity contribution is 0.423. The predicted molar refractivity (Wildman–Crippen MR) is 63.9 cm³/mol. The van der Waals surface area contributed by atoms with E-state index in [2.05, 4.69) is 15.1 Å². The van der Waals surface area contributed by atoms with E-state index in [-0.39, 0.29) is 10.6 Å². The topological polar surface area (TPSA) is 75.0 Å². The van der Waals surface area contributed by atoms with Crippen LogP contribution in [0, 0.1) is 5.92 Å². The number of hydrogen-bond donors (Lipinski definition) is 2. The lowest BCUT2D eigenvalue weighted by Gasteiger charge is -2.33. The van der Waals surface area contributed by atoms with E-state index in [0.29, 0.717) is 18.2 Å². The Labute approximate surface area is 98.6 Å². The van der Waals surface area contributed by atoms with Crippen LogP contribution in [0.2, 0.25) is 5.02 Å². The molecule has 0 radical (unpaired) electrons. The van der Waals surface area contributed by atoms with Crippen LogP contribution in [-0.2, 0) is 0 Å². The van der Waals surface area contributed by atoms with Gasteiger partial charge in [-0.2, -0.15) is 5.10 Å². The summed E-state index contributed by atoms with van der Waals surface area (Å²) in [4.78, 5) is 13.4. The van der Waals surface area contributed by atoms with Crippen molar-refractivity contribution < 1.29 is 0 Å². The number of rotatable bonds is 2. The molecule has 5 nitrogen and oxygen atoms in total. The second-order valence-corrected chi connectivity index (χ2v) is 4.47. The summed E-state index contributed by atoms with van der Waals surface area (Å²) in [6, 6.07) is 0. The Morgan fingerprint density at radius 3 is 3.25 bits per heavy atom. The number of nitrogens with zero attached hydrogens (tertiary/aromatic N) is 2. The highest BCUT2D eigenvalue weighted by atomic mass is 35.5. The quantitative estimate of drug-likeness (QED) is 0.797. The van der Waals surface area contributed by atoms with Gasteiger partial charge in [0, 0.05) is 13.1 Å². The Hall–Kier alpha value is -1.07. The van der Waals surface area contributed by atoms with Crippen LogP contribution >= 0.6 is 11.6 Å². The highest BCUT2D eigenvalue weighted by Crippen LogP contribution is 2.25. The zero-order valence-corrected chi connectivity index (χ0v) is 9.70. The smallest absolute Gasteiger partial charge is 0.285 e. The third kappa shape index (κ3) is 2.20. The Bertz CT molecular complexity index is 420. The first-order valence-electron chi connectivity index (χ1n) is 5.40. The summed E-state index contributed by atoms with van der Waals surface area (Å²) < 4.78 is 0. The summed E-state index contributed by atoms with van der Waals surface area (Å²) in [7, 11) is 0. The highest BCUT2D eigenvalue weighted by molar-refractivity contribution is 6.32. The Kier molecular flexibility index (Phi) is 3.46. The summed E-state index contributed by atoms with van der Waals surface area (Å²) >= 11 is 5.96. The van der Waals surface area contributed by atoms with Gasteiger partial charge >= 0.3 is 0 Å². The van der Waals surface area contributed by atoms with Crippen LogP contribution < -0.4 is 16.2 Å². The van der Waals surface area contributed by atoms with Gasteiger partial charge in [-0.1, -0.05) is 11.6 Å². The van der Waals surface area contributed by atoms with Crippen LogP contribution in [0.1, 0.15) is 12.8 Å². The van der Waals surface area contributed by atoms with Crippen molar-refractivity contribution in [2.24, 2.45) is 11.7 Å². The number of H-pyrrole nitrogens is 1. The van der Waals surface area contributed by atoms with Gasteiger partial charge in [-0.25, -0.2) is 5.10 Å². The molecule has 1 atom stereocenters. The normalized spacial score (nSPS) is 21.1. The number of hydrogen-bond acceptors (Lipinski definition) is 4. The van der Waals surface area contributed by atoms with Gasteiger partial charge in [0.2, 0.25) is 0 Å². The molecule has 0 saturated carbocycles. The van der Waals surface area contributed by atoms with Crippen molar-refractivity contribution in [1.82, 2.24) is 10.2 Å². The number of nitrogens with one attached hydrogen (secondary N) is 1. The lowest BCUT2D eigenvalue weighted by Crippen LogP contribution is -2.39. The number of halogens is 1. The molecule has 3 N–H and O–H groups in total. The summed E-state index contributed by atoms with van der Waals surface area (Å²) in [5, 5.41) is 6.31. The van der Waals surface area contributed by atoms with Crippen LogP contribution in [0.3, 0.4) is 0 Å². The van der Waals surface area contributed by atoms with Gasteiger partial charge in [-0.3, -0.25) is 4.79 Å². The summed E-state index contributed by atoms with van der Waals surface area (Å²) in [6.07, 6.45) is 3.81. The molecule has 2 rings (SSSR count). The van der Waals surface area contributed by atoms with E-state index < -0.39 is 0 Å². The molecular weight excluding hydrogens is 228 g/mol. The molecule has 0 aromatic carbocycles. The van der Waals surface area contributed by atoms with Crippen LogP contribution in [0.4, 0.5) is 5.69 Å². The third-order valence-corrected chi connectivity index (χ3v) is 3.34. The highest BCUT2D eigenvalue weighted by Gasteiger charge is 2.21. The van der Waals surface area contributed by atoms with Crippen molar-refractivity contribution in [3.8, 4) is 0 Å². The number of piperidine rings is 1. The van der Waals surface area contributed by atoms with Gasteiger partial charge in [0.25, 0.3) is 5.56 Å². The predicted octanol–water partition coefficient (Wildman–Crippen LogP) is 0.598. The summed E-state index contributed by atoms with van der Waals surface area (Å²) in [6.45, 7) is 2.42. The first-order valence-corrected chi connectivity index (χ1v) is 5.78. The molecule has 0 aliphatic carbocycles. The molecule has 0 spiro atoms. The average molecular weight is 243 g/mol. The number of aromatic nitrogens is 2. The van der Waals surface area contributed by atoms with Crippen LogP contribution in [0.15, 0.2) is 11.0 Å². The fourth-order valence-corrected chi connectivity index (χ4v) is 2.28. The number of nitrogens with two attached hydrogens (primary N) is 1. The van der Waals surface area contributed by atoms with E-state index in [9.17, 15) is 4.79 Å². The van der Waals surface area contributed by atoms with Gasteiger partial charge in [0.15, 0.2) is 0 Å². The maximum Gasteiger partial charge on any atom is 0.285 e. The fourth-order valence-electron chi connectivity index (χ4n) is 2.07. The minimum Gasteiger partial charge on any atom is -0.369 e. The average Bonchev–Trinajstić information content (AvgIpc) is 2.33. The number of aromatic amines is 1. The second-order valence-electron chi connectivity index (χ2n) is 4.09. The molecule has 1 aliphatic rings. The maximum absolute atomic E-state index is 11.3. The first-order chi connectivity index (χ1) is 7.72. The van der Waals surface area contributed by atoms with E-state index in [1.165, 1.54) is 0 Å². The van der Waals surface area contributed by atoms with E-state index in [1.54, 1.807) is 6.20 Å². The van der Waals surface area contributed by atoms with E-state index in [4.69, 9.17) is 17.3 Å². The Morgan fingerprint density at radius 1 is 1.69 bits per heavy atom. The Morgan fingerprint density at radius 2 is 2.50 bits per heavy atom. The maximum atomic E-state index is 11.3. The molecule has 16 heavy (non-hydrogen) atoms. The first kappa shape index (κ1) is 11.4. The van der Waals surface area contributed by atoms with Crippen molar-refractivity contribution in [2.45, 2.75) is 12.8 Å². The zero-order chi connectivity index (χ0) is 11.5. The molecule has 0 amide bonds. The molecule has 88 valence electrons. The molecule has 1 unspecified atom stereocenters. The lowest BCUT2D eigenvalue weighted by atomic mass is 9.98. The molecule has 2 heterocycles. The van der Waals surface area contributed by atoms with Crippen LogP contribution in [0.25, 0.3) is 0 Å². The molecule has 1 aromatic heterocycles. The summed E-state index contributed by atoms with van der Waals surface area (Å²) in [5.41, 5.74) is 6.04. The second kappa shape index (κ2) is 4.84. The van der Waals surface area contributed by atoms with Gasteiger partial charge < -0.3 is 10.6 Å². The van der Waals surface area contributed by atoms with Crippen molar-refractivity contribution in [3.63, 3.8) is 0 Å². The molecule has 6 heteroatoms. The van der Waals surface area contributed by atoms with Gasteiger partial charge in [-0.15, -0.1) is 0 Å². The van der Waals surface area contributed by atoms with Gasteiger partial charge in [0.1, 0.15) is 5.02 Å². The minimum atomic E-state index is -0.339. The Balaban J connectivity index is 2.23. The molecular formula is C10H15ClN4O. The standard InChI is InChI=1S/C10H15ClN4O/c11-9-8(5-13-14-10(9)16)15-3-1-2-7(4-12)6-15/h5,7H,1-4,6,12H2,(H,14,16). The largest absolute Gasteiger partial charge is 0.369 e. The van der Waals surface area contributed by atoms with Crippen LogP contribution in [-0.4, -0.2) is 29.8 Å². The SMILES string of the molecule is NCC1CCCN(c2cn[nH]c(=O)c2Cl)C1. The minimum absolute atomic E-state index is 0.215. The molecule has 1 aliphatic heterocycles. The molecule has 1 saturated heterocycles. The fraction of sp³-hybridized carbons (Fsp3) is 0.600. The van der Waals surface area contributed by atoms with Crippen LogP contribution in [0.5, 0.6) is 0 Å². The van der Waals surface area contributed by atoms with E-state index in [0.717, 1.165) is 25.9 Å². The van der Waals surface area contributed by atoms with Crippen molar-refractivity contribution in [1.29, 1.82) is 0 Å². The van der Waals surface area contributed by atoms with Crippen molar-refractivity contribution in [2.75, 3.05) is 24.5 Å². The monoisotopic (exact) mass is 242 g/mol. The van der Waals surface area contributed by atoms with Gasteiger partial charge in [-0.05, 0) is 25.3 Å². The van der Waals surface area contributed by atoms with E-state index >= 15 is 0 Å². The molecule has 1 fully saturated rings. The molecule has 0 bridgehead atoms. The number of anilines is 1. The van der Waals surface area contributed by atoms with Crippen molar-refractivity contribution >= 4 is 17.3 Å². The van der Waals surface area contributed by atoms with E-state index in [1.807, 2.05) is 0 Å². The molecule has 1 aromatic rings.